The first-order valence-electron chi connectivity index (χ1n) is 8.60. The average Bonchev–Trinajstić information content (AvgIpc) is 2.64. The second kappa shape index (κ2) is 8.27. The summed E-state index contributed by atoms with van der Waals surface area (Å²) in [6, 6.07) is 13.1. The Morgan fingerprint density at radius 3 is 2.65 bits per heavy atom. The zero-order valence-electron chi connectivity index (χ0n) is 14.8. The van der Waals surface area contributed by atoms with Crippen LogP contribution in [0.1, 0.15) is 31.7 Å². The van der Waals surface area contributed by atoms with Crippen LogP contribution in [-0.2, 0) is 6.42 Å². The molecule has 0 fully saturated rings. The van der Waals surface area contributed by atoms with Crippen LogP contribution in [0.15, 0.2) is 56.8 Å². The first-order valence-corrected chi connectivity index (χ1v) is 9.40. The first-order chi connectivity index (χ1) is 12.6. The van der Waals surface area contributed by atoms with E-state index in [1.165, 1.54) is 4.68 Å². The molecule has 0 saturated heterocycles. The molecule has 134 valence electrons. The molecule has 1 aromatic heterocycles. The maximum Gasteiger partial charge on any atom is 0.282 e. The Kier molecular flexibility index (Phi) is 5.83. The van der Waals surface area contributed by atoms with Crippen LogP contribution in [0.25, 0.3) is 10.9 Å². The minimum absolute atomic E-state index is 0.165. The van der Waals surface area contributed by atoms with Crippen molar-refractivity contribution in [3.63, 3.8) is 0 Å². The van der Waals surface area contributed by atoms with E-state index in [0.717, 1.165) is 22.2 Å². The van der Waals surface area contributed by atoms with Crippen LogP contribution in [0.3, 0.4) is 0 Å². The molecule has 2 aromatic carbocycles. The number of rotatable bonds is 6. The zero-order valence-corrected chi connectivity index (χ0v) is 16.4. The summed E-state index contributed by atoms with van der Waals surface area (Å²) in [5, 5.41) is 4.96. The van der Waals surface area contributed by atoms with E-state index in [0.29, 0.717) is 29.8 Å². The van der Waals surface area contributed by atoms with E-state index >= 15 is 0 Å². The molecule has 0 N–H and O–H groups in total. The molecule has 1 heterocycles. The van der Waals surface area contributed by atoms with Gasteiger partial charge in [0.05, 0.1) is 23.7 Å². The fraction of sp³-hybridized carbons (Fsp3) is 0.250. The van der Waals surface area contributed by atoms with Gasteiger partial charge in [-0.15, -0.1) is 0 Å². The number of aromatic nitrogens is 2. The highest BCUT2D eigenvalue weighted by atomic mass is 79.9. The molecule has 0 aliphatic heterocycles. The molecule has 6 heteroatoms. The van der Waals surface area contributed by atoms with Gasteiger partial charge in [-0.2, -0.15) is 9.78 Å². The van der Waals surface area contributed by atoms with Crippen molar-refractivity contribution in [1.82, 2.24) is 9.66 Å². The van der Waals surface area contributed by atoms with Crippen LogP contribution in [-0.4, -0.2) is 22.5 Å². The SMILES string of the molecule is CCCc1nc2ccc(Br)cc2c(=O)n1N=Cc1ccc(OCC)cc1. The summed E-state index contributed by atoms with van der Waals surface area (Å²) >= 11 is 3.41. The van der Waals surface area contributed by atoms with Gasteiger partial charge in [-0.05, 0) is 61.4 Å². The molecule has 0 bridgehead atoms. The van der Waals surface area contributed by atoms with Crippen molar-refractivity contribution in [3.05, 3.63) is 68.7 Å². The summed E-state index contributed by atoms with van der Waals surface area (Å²) in [7, 11) is 0. The Morgan fingerprint density at radius 1 is 1.19 bits per heavy atom. The Bertz CT molecular complexity index is 994. The van der Waals surface area contributed by atoms with Crippen molar-refractivity contribution in [2.45, 2.75) is 26.7 Å². The molecule has 0 amide bonds. The predicted molar refractivity (Wildman–Crippen MR) is 108 cm³/mol. The Hall–Kier alpha value is -2.47. The van der Waals surface area contributed by atoms with Gasteiger partial charge in [0, 0.05) is 10.9 Å². The highest BCUT2D eigenvalue weighted by Crippen LogP contribution is 2.16. The molecule has 0 aliphatic rings. The highest BCUT2D eigenvalue weighted by molar-refractivity contribution is 9.10. The van der Waals surface area contributed by atoms with E-state index in [-0.39, 0.29) is 5.56 Å². The molecule has 0 saturated carbocycles. The van der Waals surface area contributed by atoms with Gasteiger partial charge in [0.1, 0.15) is 11.6 Å². The maximum absolute atomic E-state index is 12.9. The largest absolute Gasteiger partial charge is 0.494 e. The lowest BCUT2D eigenvalue weighted by molar-refractivity contribution is 0.340. The molecular weight excluding hydrogens is 394 g/mol. The quantitative estimate of drug-likeness (QED) is 0.562. The lowest BCUT2D eigenvalue weighted by Gasteiger charge is -2.08. The standard InChI is InChI=1S/C20H20BrN3O2/c1-3-5-19-23-18-11-8-15(21)12-17(18)20(25)24(19)22-13-14-6-9-16(10-7-14)26-4-2/h6-13H,3-5H2,1-2H3. The molecule has 0 unspecified atom stereocenters. The van der Waals surface area contributed by atoms with E-state index in [1.807, 2.05) is 43.3 Å². The van der Waals surface area contributed by atoms with Crippen molar-refractivity contribution < 1.29 is 4.74 Å². The van der Waals surface area contributed by atoms with Gasteiger partial charge < -0.3 is 4.74 Å². The number of hydrogen-bond donors (Lipinski definition) is 0. The van der Waals surface area contributed by atoms with Crippen molar-refractivity contribution in [3.8, 4) is 5.75 Å². The molecule has 0 aliphatic carbocycles. The van der Waals surface area contributed by atoms with Crippen LogP contribution >= 0.6 is 15.9 Å². The fourth-order valence-corrected chi connectivity index (χ4v) is 3.00. The van der Waals surface area contributed by atoms with Crippen LogP contribution in [0.4, 0.5) is 0 Å². The summed E-state index contributed by atoms with van der Waals surface area (Å²) in [5.41, 5.74) is 1.41. The number of hydrogen-bond acceptors (Lipinski definition) is 4. The highest BCUT2D eigenvalue weighted by Gasteiger charge is 2.10. The zero-order chi connectivity index (χ0) is 18.5. The van der Waals surface area contributed by atoms with Crippen LogP contribution in [0.5, 0.6) is 5.75 Å². The number of halogens is 1. The van der Waals surface area contributed by atoms with Gasteiger partial charge in [-0.1, -0.05) is 22.9 Å². The lowest BCUT2D eigenvalue weighted by Crippen LogP contribution is -2.22. The minimum Gasteiger partial charge on any atom is -0.494 e. The smallest absolute Gasteiger partial charge is 0.282 e. The number of ether oxygens (including phenoxy) is 1. The lowest BCUT2D eigenvalue weighted by atomic mass is 10.2. The van der Waals surface area contributed by atoms with Crippen LogP contribution in [0, 0.1) is 0 Å². The summed E-state index contributed by atoms with van der Waals surface area (Å²) in [6.45, 7) is 4.63. The van der Waals surface area contributed by atoms with E-state index in [2.05, 4.69) is 32.9 Å². The molecule has 0 atom stereocenters. The molecule has 3 aromatic rings. The second-order valence-corrected chi connectivity index (χ2v) is 6.72. The first kappa shape index (κ1) is 18.3. The van der Waals surface area contributed by atoms with Crippen LogP contribution < -0.4 is 10.3 Å². The molecule has 3 rings (SSSR count). The average molecular weight is 414 g/mol. The molecule has 5 nitrogen and oxygen atoms in total. The summed E-state index contributed by atoms with van der Waals surface area (Å²) in [6.07, 6.45) is 3.23. The van der Waals surface area contributed by atoms with E-state index in [4.69, 9.17) is 4.74 Å². The van der Waals surface area contributed by atoms with Crippen molar-refractivity contribution in [1.29, 1.82) is 0 Å². The van der Waals surface area contributed by atoms with Crippen LogP contribution in [0.2, 0.25) is 0 Å². The third kappa shape index (κ3) is 4.02. The predicted octanol–water partition coefficient (Wildman–Crippen LogP) is 4.39. The Labute approximate surface area is 160 Å². The topological polar surface area (TPSA) is 56.5 Å². The van der Waals surface area contributed by atoms with E-state index in [1.54, 1.807) is 12.3 Å². The molecular formula is C20H20BrN3O2. The van der Waals surface area contributed by atoms with Crippen molar-refractivity contribution in [2.75, 3.05) is 6.61 Å². The number of fused-ring (bicyclic) bond motifs is 1. The van der Waals surface area contributed by atoms with Gasteiger partial charge in [-0.25, -0.2) is 4.98 Å². The summed E-state index contributed by atoms with van der Waals surface area (Å²) < 4.78 is 7.68. The molecule has 0 radical (unpaired) electrons. The van der Waals surface area contributed by atoms with Gasteiger partial charge in [0.15, 0.2) is 0 Å². The Balaban J connectivity index is 2.03. The van der Waals surface area contributed by atoms with Gasteiger partial charge >= 0.3 is 0 Å². The third-order valence-corrected chi connectivity index (χ3v) is 4.36. The summed E-state index contributed by atoms with van der Waals surface area (Å²) in [5.74, 6) is 1.47. The summed E-state index contributed by atoms with van der Waals surface area (Å²) in [4.78, 5) is 17.5. The fourth-order valence-electron chi connectivity index (χ4n) is 2.64. The Morgan fingerprint density at radius 2 is 1.96 bits per heavy atom. The van der Waals surface area contributed by atoms with Gasteiger partial charge in [0.25, 0.3) is 5.56 Å². The number of nitrogens with zero attached hydrogens (tertiary/aromatic N) is 3. The second-order valence-electron chi connectivity index (χ2n) is 5.80. The van der Waals surface area contributed by atoms with E-state index < -0.39 is 0 Å². The monoisotopic (exact) mass is 413 g/mol. The van der Waals surface area contributed by atoms with Crippen molar-refractivity contribution >= 4 is 33.0 Å². The third-order valence-electron chi connectivity index (χ3n) is 3.86. The molecule has 0 spiro atoms. The number of aryl methyl sites for hydroxylation is 1. The van der Waals surface area contributed by atoms with Gasteiger partial charge in [-0.3, -0.25) is 4.79 Å². The minimum atomic E-state index is -0.165. The molecule has 26 heavy (non-hydrogen) atoms. The number of benzene rings is 2. The van der Waals surface area contributed by atoms with Crippen molar-refractivity contribution in [2.24, 2.45) is 5.10 Å². The normalized spacial score (nSPS) is 11.3. The van der Waals surface area contributed by atoms with E-state index in [9.17, 15) is 4.79 Å². The maximum atomic E-state index is 12.9. The van der Waals surface area contributed by atoms with Gasteiger partial charge in [0.2, 0.25) is 0 Å².